The zero-order valence-electron chi connectivity index (χ0n) is 50.2. The molecule has 0 atom stereocenters. The highest BCUT2D eigenvalue weighted by Crippen LogP contribution is 2.40. The molecule has 0 spiro atoms. The fourth-order valence-corrected chi connectivity index (χ4v) is 16.7. The molecule has 8 rings (SSSR count). The molecule has 0 aliphatic heterocycles. The topological polar surface area (TPSA) is 480 Å². The lowest BCUT2D eigenvalue weighted by Crippen LogP contribution is -2.29. The summed E-state index contributed by atoms with van der Waals surface area (Å²) in [5, 5.41) is 0.807. The van der Waals surface area contributed by atoms with Gasteiger partial charge in [-0.05, 0) is 95.8 Å². The summed E-state index contributed by atoms with van der Waals surface area (Å²) < 4.78 is 181. The van der Waals surface area contributed by atoms with E-state index >= 15 is 0 Å². The number of fused-ring (bicyclic) bond motifs is 7. The molecule has 0 saturated heterocycles. The van der Waals surface area contributed by atoms with Crippen molar-refractivity contribution in [1.29, 1.82) is 0 Å². The van der Waals surface area contributed by atoms with E-state index in [-0.39, 0.29) is 116 Å². The summed E-state index contributed by atoms with van der Waals surface area (Å²) in [5.74, 6) is -1.06. The first-order valence-corrected chi connectivity index (χ1v) is 38.1. The third-order valence-corrected chi connectivity index (χ3v) is 23.2. The van der Waals surface area contributed by atoms with Gasteiger partial charge >= 0.3 is 0 Å². The molecule has 0 saturated carbocycles. The van der Waals surface area contributed by atoms with Gasteiger partial charge in [-0.15, -0.1) is 0 Å². The Morgan fingerprint density at radius 3 is 0.848 bits per heavy atom. The summed E-state index contributed by atoms with van der Waals surface area (Å²) in [6.45, 7) is 4.31. The Balaban J connectivity index is 0.000000220. The molecule has 34 heteroatoms. The van der Waals surface area contributed by atoms with E-state index in [0.29, 0.717) is 112 Å². The average Bonchev–Trinajstić information content (AvgIpc) is 1.55. The van der Waals surface area contributed by atoms with E-state index in [0.717, 1.165) is 0 Å². The maximum Gasteiger partial charge on any atom is 0.240 e. The van der Waals surface area contributed by atoms with Crippen LogP contribution in [-0.4, -0.2) is 192 Å². The predicted octanol–water partition coefficient (Wildman–Crippen LogP) is -0.105. The highest BCUT2D eigenvalue weighted by Gasteiger charge is 2.33. The highest BCUT2D eigenvalue weighted by molar-refractivity contribution is 7.92. The van der Waals surface area contributed by atoms with Gasteiger partial charge < -0.3 is 53.3 Å². The summed E-state index contributed by atoms with van der Waals surface area (Å²) in [4.78, 5) is 25.8. The molecule has 0 radical (unpaired) electrons. The molecule has 0 aromatic heterocycles. The summed E-state index contributed by atoms with van der Waals surface area (Å²) in [6, 6.07) is 26.4. The predicted molar refractivity (Wildman–Crippen MR) is 346 cm³/mol. The van der Waals surface area contributed by atoms with Crippen molar-refractivity contribution in [1.82, 2.24) is 18.9 Å². The zero-order chi connectivity index (χ0) is 67.3. The van der Waals surface area contributed by atoms with Crippen LogP contribution in [0.25, 0.3) is 33.0 Å². The van der Waals surface area contributed by atoms with Crippen LogP contribution in [0.5, 0.6) is 0 Å². The number of carbonyl (C=O) groups is 2. The van der Waals surface area contributed by atoms with Gasteiger partial charge in [-0.25, -0.2) is 69.4 Å². The molecule has 92 heavy (non-hydrogen) atoms. The molecular formula is C58H78N10O18S6. The summed E-state index contributed by atoms with van der Waals surface area (Å²) in [6.07, 6.45) is 0.666. The van der Waals surface area contributed by atoms with Crippen molar-refractivity contribution in [2.45, 2.75) is 42.2 Å². The first kappa shape index (κ1) is 75.1. The van der Waals surface area contributed by atoms with Crippen LogP contribution in [-0.2, 0) is 78.7 Å². The van der Waals surface area contributed by atoms with Crippen LogP contribution in [0.3, 0.4) is 0 Å². The van der Waals surface area contributed by atoms with Crippen molar-refractivity contribution in [3.05, 3.63) is 131 Å². The van der Waals surface area contributed by atoms with Crippen LogP contribution >= 0.6 is 0 Å². The maximum atomic E-state index is 13.0. The molecule has 28 nitrogen and oxygen atoms in total. The van der Waals surface area contributed by atoms with Gasteiger partial charge in [-0.1, -0.05) is 48.5 Å². The monoisotopic (exact) mass is 1390 g/mol. The lowest BCUT2D eigenvalue weighted by Gasteiger charge is -2.12. The van der Waals surface area contributed by atoms with E-state index in [1.807, 2.05) is 0 Å². The van der Waals surface area contributed by atoms with E-state index in [9.17, 15) is 60.1 Å². The van der Waals surface area contributed by atoms with E-state index in [4.69, 9.17) is 53.3 Å². The second kappa shape index (κ2) is 34.5. The Kier molecular flexibility index (Phi) is 28.1. The number of rotatable bonds is 36. The lowest BCUT2D eigenvalue weighted by atomic mass is 10.1. The molecule has 0 bridgehead atoms. The van der Waals surface area contributed by atoms with Crippen molar-refractivity contribution in [3.63, 3.8) is 0 Å². The number of sulfone groups is 2. The molecule has 16 N–H and O–H groups in total. The van der Waals surface area contributed by atoms with E-state index in [2.05, 4.69) is 18.9 Å². The fourth-order valence-electron chi connectivity index (χ4n) is 9.42. The first-order valence-electron chi connectivity index (χ1n) is 28.9. The third-order valence-electron chi connectivity index (χ3n) is 13.7. The molecule has 0 heterocycles. The van der Waals surface area contributed by atoms with Crippen LogP contribution in [0, 0.1) is 0 Å². The van der Waals surface area contributed by atoms with Crippen LogP contribution in [0.1, 0.15) is 44.7 Å². The maximum absolute atomic E-state index is 13.0. The zero-order valence-corrected chi connectivity index (χ0v) is 55.1. The minimum atomic E-state index is -3.87. The van der Waals surface area contributed by atoms with Gasteiger partial charge in [0.05, 0.1) is 80.5 Å². The number of ether oxygens (including phenoxy) is 4. The second-order valence-electron chi connectivity index (χ2n) is 20.2. The van der Waals surface area contributed by atoms with Gasteiger partial charge in [0.2, 0.25) is 40.1 Å². The van der Waals surface area contributed by atoms with E-state index < -0.39 is 71.3 Å². The van der Waals surface area contributed by atoms with Crippen LogP contribution in [0.2, 0.25) is 0 Å². The number of carbonyl (C=O) groups excluding carboxylic acids is 2. The first-order chi connectivity index (χ1) is 43.7. The Morgan fingerprint density at radius 1 is 0.304 bits per heavy atom. The smallest absolute Gasteiger partial charge is 0.240 e. The standard InChI is InChI=1S/C21H28N4O7S2.C20H30N2O6S2.C17H20N4O5S2/c22-5-9-31-11-7-24-33(27,28)15-1-3-17-18-4-2-16(14-20(18)21(26)19(17)13-15)34(29,30)25-8-12-32-10-6-23;21-9-13-27-11-3-15-29(23,24)19-7-1-5-17-18(19)6-2-8-20(17)30(25,26)16-4-12-28-14-10-22;18-5-7-20-27(23,24)11-1-3-13-14-4-2-12(28(25,26)21-8-6-19)10-16(14)17(22)15(13)9-11/h1-4,13-14,24-25H,5-12,22-23H2;1-2,5-8H,3-4,9-16,21-22H2;1-4,9-10,20-21H,5-8,18-19H2. The largest absolute Gasteiger partial charge is 0.380 e. The van der Waals surface area contributed by atoms with E-state index in [1.54, 1.807) is 36.4 Å². The third kappa shape index (κ3) is 19.6. The van der Waals surface area contributed by atoms with Gasteiger partial charge in [0.25, 0.3) is 0 Å². The number of ketones is 2. The van der Waals surface area contributed by atoms with Crippen molar-refractivity contribution < 1.29 is 79.0 Å². The Morgan fingerprint density at radius 2 is 0.576 bits per heavy atom. The van der Waals surface area contributed by atoms with Crippen molar-refractivity contribution in [2.75, 3.05) is 130 Å². The Bertz CT molecular complexity index is 4010. The molecule has 0 unspecified atom stereocenters. The average molecular weight is 1400 g/mol. The molecule has 2 aliphatic carbocycles. The van der Waals surface area contributed by atoms with Crippen molar-refractivity contribution in [3.8, 4) is 22.3 Å². The minimum Gasteiger partial charge on any atom is -0.380 e. The molecule has 0 fully saturated rings. The number of hydrogen-bond acceptors (Lipinski definition) is 24. The normalized spacial score (nSPS) is 13.0. The highest BCUT2D eigenvalue weighted by atomic mass is 32.2. The molecular weight excluding hydrogens is 1320 g/mol. The Labute approximate surface area is 536 Å². The molecule has 504 valence electrons. The van der Waals surface area contributed by atoms with Crippen LogP contribution in [0.15, 0.2) is 139 Å². The van der Waals surface area contributed by atoms with Crippen LogP contribution < -0.4 is 53.3 Å². The Hall–Kier alpha value is -5.94. The van der Waals surface area contributed by atoms with Gasteiger partial charge in [-0.3, -0.25) is 9.59 Å². The minimum absolute atomic E-state index is 0.0546. The van der Waals surface area contributed by atoms with E-state index in [1.165, 1.54) is 72.8 Å². The fraction of sp³-hybridized carbons (Fsp3) is 0.379. The van der Waals surface area contributed by atoms with Gasteiger partial charge in [0.15, 0.2) is 31.2 Å². The van der Waals surface area contributed by atoms with Crippen molar-refractivity contribution >= 4 is 82.1 Å². The van der Waals surface area contributed by atoms with Crippen LogP contribution in [0.4, 0.5) is 0 Å². The van der Waals surface area contributed by atoms with Gasteiger partial charge in [-0.2, -0.15) is 0 Å². The number of nitrogens with two attached hydrogens (primary N) is 6. The molecule has 2 aliphatic rings. The van der Waals surface area contributed by atoms with Crippen molar-refractivity contribution in [2.24, 2.45) is 34.4 Å². The number of hydrogen-bond donors (Lipinski definition) is 10. The quantitative estimate of drug-likeness (QED) is 0.0229. The lowest BCUT2D eigenvalue weighted by molar-refractivity contribution is 0.103. The summed E-state index contributed by atoms with van der Waals surface area (Å²) in [7, 11) is -22.5. The summed E-state index contributed by atoms with van der Waals surface area (Å²) >= 11 is 0. The van der Waals surface area contributed by atoms with Gasteiger partial charge in [0.1, 0.15) is 0 Å². The summed E-state index contributed by atoms with van der Waals surface area (Å²) in [5.41, 5.74) is 34.9. The number of benzene rings is 6. The molecule has 0 amide bonds. The molecule has 6 aromatic carbocycles. The van der Waals surface area contributed by atoms with Gasteiger partial charge in [0, 0.05) is 112 Å². The number of sulfonamides is 4. The molecule has 6 aromatic rings. The SMILES string of the molecule is NCCNS(=O)(=O)c1ccc2c(c1)C(=O)c1cc(S(=O)(=O)NCCN)ccc1-2.NCCOCCCS(=O)(=O)c1cccc2c(S(=O)(=O)CCCOCCN)cccc12.NCCOCCNS(=O)(=O)c1ccc2c(c1)C(=O)c1cc(S(=O)(=O)NCCOCCN)ccc1-2. The number of nitrogens with one attached hydrogen (secondary N) is 4. The second-order valence-corrected chi connectivity index (χ2v) is 31.4.